The molecule has 0 spiro atoms. The van der Waals surface area contributed by atoms with Crippen molar-refractivity contribution in [3.05, 3.63) is 75.9 Å². The van der Waals surface area contributed by atoms with Gasteiger partial charge in [0.05, 0.1) is 21.4 Å². The molecule has 3 rings (SSSR count). The highest BCUT2D eigenvalue weighted by Crippen LogP contribution is 2.26. The highest BCUT2D eigenvalue weighted by molar-refractivity contribution is 7.90. The molecule has 0 saturated carbocycles. The van der Waals surface area contributed by atoms with Crippen LogP contribution in [0.3, 0.4) is 0 Å². The first-order valence-corrected chi connectivity index (χ1v) is 9.38. The van der Waals surface area contributed by atoms with Gasteiger partial charge in [-0.2, -0.15) is 0 Å². The molecule has 0 saturated heterocycles. The number of halogens is 2. The summed E-state index contributed by atoms with van der Waals surface area (Å²) in [5, 5.41) is 8.17. The van der Waals surface area contributed by atoms with Gasteiger partial charge in [-0.05, 0) is 23.8 Å². The largest absolute Gasteiger partial charge is 0.424 e. The van der Waals surface area contributed by atoms with Crippen molar-refractivity contribution < 1.29 is 12.8 Å². The van der Waals surface area contributed by atoms with E-state index in [0.717, 1.165) is 5.56 Å². The first-order chi connectivity index (χ1) is 11.4. The summed E-state index contributed by atoms with van der Waals surface area (Å²) >= 11 is 11.7. The van der Waals surface area contributed by atoms with Crippen molar-refractivity contribution >= 4 is 33.0 Å². The van der Waals surface area contributed by atoms with Crippen LogP contribution in [0.15, 0.2) is 57.8 Å². The third-order valence-electron chi connectivity index (χ3n) is 3.27. The first-order valence-electron chi connectivity index (χ1n) is 6.97. The Hall–Kier alpha value is -1.89. The maximum absolute atomic E-state index is 12.4. The third-order valence-corrected chi connectivity index (χ3v) is 5.61. The average molecular weight is 383 g/mol. The molecule has 0 N–H and O–H groups in total. The standard InChI is InChI=1S/C16H12Cl2N2O3S/c17-13-7-6-12(9-14(13)18)24(21,22)10-16-20-19-15(23-16)8-11-4-2-1-3-5-11/h1-7,9H,8,10H2. The fourth-order valence-corrected chi connectivity index (χ4v) is 3.65. The quantitative estimate of drug-likeness (QED) is 0.667. The summed E-state index contributed by atoms with van der Waals surface area (Å²) in [6.07, 6.45) is 0.445. The van der Waals surface area contributed by atoms with E-state index in [-0.39, 0.29) is 15.8 Å². The van der Waals surface area contributed by atoms with Crippen LogP contribution in [-0.4, -0.2) is 18.6 Å². The van der Waals surface area contributed by atoms with E-state index in [4.69, 9.17) is 27.6 Å². The molecule has 124 valence electrons. The second-order valence-corrected chi connectivity index (χ2v) is 7.89. The Labute approximate surface area is 149 Å². The number of benzene rings is 2. The summed E-state index contributed by atoms with van der Waals surface area (Å²) in [6, 6.07) is 13.7. The molecule has 1 heterocycles. The average Bonchev–Trinajstić information content (AvgIpc) is 2.97. The van der Waals surface area contributed by atoms with Gasteiger partial charge < -0.3 is 4.42 Å². The molecule has 0 aliphatic heterocycles. The van der Waals surface area contributed by atoms with Crippen LogP contribution in [0.2, 0.25) is 10.0 Å². The number of hydrogen-bond donors (Lipinski definition) is 0. The van der Waals surface area contributed by atoms with E-state index in [2.05, 4.69) is 10.2 Å². The monoisotopic (exact) mass is 382 g/mol. The maximum Gasteiger partial charge on any atom is 0.231 e. The lowest BCUT2D eigenvalue weighted by molar-refractivity contribution is 0.469. The zero-order valence-electron chi connectivity index (χ0n) is 12.3. The topological polar surface area (TPSA) is 73.1 Å². The molecule has 0 bridgehead atoms. The van der Waals surface area contributed by atoms with Gasteiger partial charge >= 0.3 is 0 Å². The lowest BCUT2D eigenvalue weighted by Crippen LogP contribution is -2.05. The molecule has 0 unspecified atom stereocenters. The normalized spacial score (nSPS) is 11.6. The van der Waals surface area contributed by atoms with Gasteiger partial charge in [0, 0.05) is 0 Å². The van der Waals surface area contributed by atoms with Gasteiger partial charge in [0.2, 0.25) is 11.8 Å². The van der Waals surface area contributed by atoms with Crippen molar-refractivity contribution in [2.45, 2.75) is 17.1 Å². The van der Waals surface area contributed by atoms with Crippen LogP contribution in [-0.2, 0) is 22.0 Å². The Balaban J connectivity index is 1.77. The van der Waals surface area contributed by atoms with Crippen LogP contribution in [0.5, 0.6) is 0 Å². The van der Waals surface area contributed by atoms with Gasteiger partial charge in [-0.3, -0.25) is 0 Å². The SMILES string of the molecule is O=S(=O)(Cc1nnc(Cc2ccccc2)o1)c1ccc(Cl)c(Cl)c1. The maximum atomic E-state index is 12.4. The van der Waals surface area contributed by atoms with Gasteiger partial charge in [-0.1, -0.05) is 53.5 Å². The molecule has 0 atom stereocenters. The Morgan fingerprint density at radius 2 is 1.62 bits per heavy atom. The number of nitrogens with zero attached hydrogens (tertiary/aromatic N) is 2. The number of rotatable bonds is 5. The minimum atomic E-state index is -3.65. The van der Waals surface area contributed by atoms with E-state index >= 15 is 0 Å². The van der Waals surface area contributed by atoms with E-state index in [1.165, 1.54) is 18.2 Å². The molecular weight excluding hydrogens is 371 g/mol. The molecule has 0 aliphatic carbocycles. The summed E-state index contributed by atoms with van der Waals surface area (Å²) in [5.41, 5.74) is 1.00. The number of hydrogen-bond acceptors (Lipinski definition) is 5. The molecule has 0 fully saturated rings. The molecular formula is C16H12Cl2N2O3S. The van der Waals surface area contributed by atoms with E-state index in [0.29, 0.717) is 17.3 Å². The Kier molecular flexibility index (Phi) is 4.89. The number of aromatic nitrogens is 2. The van der Waals surface area contributed by atoms with Crippen LogP contribution in [0.1, 0.15) is 17.3 Å². The van der Waals surface area contributed by atoms with Crippen LogP contribution in [0.25, 0.3) is 0 Å². The Morgan fingerprint density at radius 1 is 0.917 bits per heavy atom. The zero-order valence-corrected chi connectivity index (χ0v) is 14.6. The molecule has 2 aromatic carbocycles. The van der Waals surface area contributed by atoms with Crippen molar-refractivity contribution in [2.75, 3.05) is 0 Å². The van der Waals surface area contributed by atoms with Crippen LogP contribution >= 0.6 is 23.2 Å². The number of sulfone groups is 1. The van der Waals surface area contributed by atoms with E-state index in [9.17, 15) is 8.42 Å². The summed E-state index contributed by atoms with van der Waals surface area (Å²) in [6.45, 7) is 0. The molecule has 1 aromatic heterocycles. The second-order valence-electron chi connectivity index (χ2n) is 5.09. The van der Waals surface area contributed by atoms with Gasteiger partial charge in [0.15, 0.2) is 9.84 Å². The molecule has 0 aliphatic rings. The fraction of sp³-hybridized carbons (Fsp3) is 0.125. The zero-order chi connectivity index (χ0) is 17.2. The van der Waals surface area contributed by atoms with E-state index in [1.807, 2.05) is 30.3 Å². The smallest absolute Gasteiger partial charge is 0.231 e. The van der Waals surface area contributed by atoms with E-state index < -0.39 is 15.6 Å². The van der Waals surface area contributed by atoms with Crippen LogP contribution in [0, 0.1) is 0 Å². The highest BCUT2D eigenvalue weighted by atomic mass is 35.5. The van der Waals surface area contributed by atoms with Gasteiger partial charge in [0.1, 0.15) is 5.75 Å². The predicted molar refractivity (Wildman–Crippen MR) is 90.9 cm³/mol. The lowest BCUT2D eigenvalue weighted by Gasteiger charge is -2.03. The van der Waals surface area contributed by atoms with Crippen molar-refractivity contribution in [1.82, 2.24) is 10.2 Å². The van der Waals surface area contributed by atoms with Gasteiger partial charge in [-0.25, -0.2) is 8.42 Å². The third kappa shape index (κ3) is 3.95. The van der Waals surface area contributed by atoms with Crippen molar-refractivity contribution in [3.63, 3.8) is 0 Å². The van der Waals surface area contributed by atoms with Crippen molar-refractivity contribution in [2.24, 2.45) is 0 Å². The fourth-order valence-electron chi connectivity index (χ4n) is 2.10. The van der Waals surface area contributed by atoms with E-state index in [1.54, 1.807) is 0 Å². The minimum Gasteiger partial charge on any atom is -0.424 e. The van der Waals surface area contributed by atoms with Gasteiger partial charge in [0.25, 0.3) is 0 Å². The van der Waals surface area contributed by atoms with Crippen LogP contribution < -0.4 is 0 Å². The molecule has 3 aromatic rings. The summed E-state index contributed by atoms with van der Waals surface area (Å²) in [5.74, 6) is -0.000208. The van der Waals surface area contributed by atoms with Gasteiger partial charge in [-0.15, -0.1) is 10.2 Å². The summed E-state index contributed by atoms with van der Waals surface area (Å²) in [7, 11) is -3.65. The predicted octanol–water partition coefficient (Wildman–Crippen LogP) is 3.94. The molecule has 5 nitrogen and oxygen atoms in total. The minimum absolute atomic E-state index is 0.0343. The van der Waals surface area contributed by atoms with Crippen molar-refractivity contribution in [1.29, 1.82) is 0 Å². The van der Waals surface area contributed by atoms with Crippen molar-refractivity contribution in [3.8, 4) is 0 Å². The molecule has 0 amide bonds. The lowest BCUT2D eigenvalue weighted by atomic mass is 10.2. The molecule has 0 radical (unpaired) electrons. The van der Waals surface area contributed by atoms with Crippen LogP contribution in [0.4, 0.5) is 0 Å². The molecule has 24 heavy (non-hydrogen) atoms. The second kappa shape index (κ2) is 6.93. The summed E-state index contributed by atoms with van der Waals surface area (Å²) < 4.78 is 30.2. The Morgan fingerprint density at radius 3 is 2.33 bits per heavy atom. The molecule has 8 heteroatoms. The summed E-state index contributed by atoms with van der Waals surface area (Å²) in [4.78, 5) is 0.0553. The first kappa shape index (κ1) is 17.0. The Bertz CT molecular complexity index is 956. The highest BCUT2D eigenvalue weighted by Gasteiger charge is 2.20.